The Morgan fingerprint density at radius 3 is 2.46 bits per heavy atom. The van der Waals surface area contributed by atoms with Gasteiger partial charge in [0.15, 0.2) is 0 Å². The SMILES string of the molecule is CCOc1ccc(-c2nnc(SCC(=O)Nc3ccc(C(N)=O)cc3)o2)cc1. The first kappa shape index (κ1) is 19.4. The first-order chi connectivity index (χ1) is 13.5. The van der Waals surface area contributed by atoms with Crippen molar-refractivity contribution in [2.24, 2.45) is 5.73 Å². The molecule has 0 spiro atoms. The summed E-state index contributed by atoms with van der Waals surface area (Å²) < 4.78 is 11.0. The number of nitrogens with two attached hydrogens (primary N) is 1. The highest BCUT2D eigenvalue weighted by Gasteiger charge is 2.12. The van der Waals surface area contributed by atoms with Crippen LogP contribution in [0, 0.1) is 0 Å². The Kier molecular flexibility index (Phi) is 6.28. The number of nitrogens with one attached hydrogen (secondary N) is 1. The number of carbonyl (C=O) groups excluding carboxylic acids is 2. The first-order valence-electron chi connectivity index (χ1n) is 8.44. The second-order valence-electron chi connectivity index (χ2n) is 5.61. The van der Waals surface area contributed by atoms with Crippen molar-refractivity contribution < 1.29 is 18.7 Å². The van der Waals surface area contributed by atoms with Gasteiger partial charge in [0, 0.05) is 16.8 Å². The molecule has 3 N–H and O–H groups in total. The highest BCUT2D eigenvalue weighted by molar-refractivity contribution is 7.99. The van der Waals surface area contributed by atoms with Gasteiger partial charge < -0.3 is 20.2 Å². The Hall–Kier alpha value is -3.33. The van der Waals surface area contributed by atoms with Gasteiger partial charge in [-0.05, 0) is 55.5 Å². The topological polar surface area (TPSA) is 120 Å². The molecule has 0 saturated heterocycles. The number of hydrogen-bond donors (Lipinski definition) is 2. The average molecular weight is 398 g/mol. The van der Waals surface area contributed by atoms with Crippen molar-refractivity contribution in [2.75, 3.05) is 17.7 Å². The molecule has 144 valence electrons. The summed E-state index contributed by atoms with van der Waals surface area (Å²) in [7, 11) is 0. The van der Waals surface area contributed by atoms with Crippen LogP contribution in [0.5, 0.6) is 5.75 Å². The van der Waals surface area contributed by atoms with Crippen LogP contribution in [0.25, 0.3) is 11.5 Å². The molecule has 0 unspecified atom stereocenters. The lowest BCUT2D eigenvalue weighted by atomic mass is 10.2. The largest absolute Gasteiger partial charge is 0.494 e. The highest BCUT2D eigenvalue weighted by Crippen LogP contribution is 2.25. The van der Waals surface area contributed by atoms with Crippen LogP contribution in [-0.4, -0.2) is 34.4 Å². The Bertz CT molecular complexity index is 955. The quantitative estimate of drug-likeness (QED) is 0.560. The summed E-state index contributed by atoms with van der Waals surface area (Å²) in [5.74, 6) is 0.474. The monoisotopic (exact) mass is 398 g/mol. The van der Waals surface area contributed by atoms with Gasteiger partial charge in [-0.3, -0.25) is 9.59 Å². The molecule has 2 aromatic carbocycles. The summed E-state index contributed by atoms with van der Waals surface area (Å²) in [5, 5.41) is 11.0. The zero-order chi connectivity index (χ0) is 19.9. The van der Waals surface area contributed by atoms with E-state index in [1.165, 1.54) is 0 Å². The van der Waals surface area contributed by atoms with Gasteiger partial charge in [-0.2, -0.15) is 0 Å². The smallest absolute Gasteiger partial charge is 0.277 e. The van der Waals surface area contributed by atoms with Crippen LogP contribution in [0.1, 0.15) is 17.3 Å². The third-order valence-electron chi connectivity index (χ3n) is 3.60. The van der Waals surface area contributed by atoms with Gasteiger partial charge in [0.25, 0.3) is 5.22 Å². The van der Waals surface area contributed by atoms with E-state index < -0.39 is 5.91 Å². The van der Waals surface area contributed by atoms with E-state index in [9.17, 15) is 9.59 Å². The minimum atomic E-state index is -0.520. The van der Waals surface area contributed by atoms with Crippen molar-refractivity contribution >= 4 is 29.3 Å². The van der Waals surface area contributed by atoms with Crippen molar-refractivity contribution in [1.82, 2.24) is 10.2 Å². The van der Waals surface area contributed by atoms with E-state index >= 15 is 0 Å². The number of hydrogen-bond acceptors (Lipinski definition) is 7. The molecular weight excluding hydrogens is 380 g/mol. The third-order valence-corrected chi connectivity index (χ3v) is 4.42. The van der Waals surface area contributed by atoms with E-state index in [2.05, 4.69) is 15.5 Å². The summed E-state index contributed by atoms with van der Waals surface area (Å²) in [5.41, 5.74) is 6.89. The molecule has 0 aliphatic carbocycles. The number of ether oxygens (including phenoxy) is 1. The van der Waals surface area contributed by atoms with E-state index in [0.717, 1.165) is 23.1 Å². The molecule has 1 heterocycles. The van der Waals surface area contributed by atoms with E-state index in [-0.39, 0.29) is 11.7 Å². The molecule has 1 aromatic heterocycles. The van der Waals surface area contributed by atoms with Crippen LogP contribution in [0.15, 0.2) is 58.2 Å². The number of nitrogens with zero attached hydrogens (tertiary/aromatic N) is 2. The Morgan fingerprint density at radius 2 is 1.82 bits per heavy atom. The molecule has 8 nitrogen and oxygen atoms in total. The van der Waals surface area contributed by atoms with Crippen molar-refractivity contribution in [3.63, 3.8) is 0 Å². The second kappa shape index (κ2) is 9.05. The molecule has 3 aromatic rings. The van der Waals surface area contributed by atoms with Gasteiger partial charge in [-0.15, -0.1) is 10.2 Å². The van der Waals surface area contributed by atoms with Crippen LogP contribution < -0.4 is 15.8 Å². The van der Waals surface area contributed by atoms with E-state index in [1.807, 2.05) is 31.2 Å². The second-order valence-corrected chi connectivity index (χ2v) is 6.54. The minimum Gasteiger partial charge on any atom is -0.494 e. The molecule has 0 saturated carbocycles. The summed E-state index contributed by atoms with van der Waals surface area (Å²) >= 11 is 1.13. The molecule has 3 rings (SSSR count). The maximum absolute atomic E-state index is 12.1. The molecule has 28 heavy (non-hydrogen) atoms. The maximum Gasteiger partial charge on any atom is 0.277 e. The van der Waals surface area contributed by atoms with Gasteiger partial charge in [0.05, 0.1) is 12.4 Å². The fraction of sp³-hybridized carbons (Fsp3) is 0.158. The zero-order valence-electron chi connectivity index (χ0n) is 15.0. The summed E-state index contributed by atoms with van der Waals surface area (Å²) in [6, 6.07) is 13.6. The van der Waals surface area contributed by atoms with Gasteiger partial charge in [0.2, 0.25) is 17.7 Å². The normalized spacial score (nSPS) is 10.5. The fourth-order valence-electron chi connectivity index (χ4n) is 2.29. The average Bonchev–Trinajstić information content (AvgIpc) is 3.17. The van der Waals surface area contributed by atoms with Gasteiger partial charge in [-0.25, -0.2) is 0 Å². The number of primary amides is 1. The van der Waals surface area contributed by atoms with Crippen LogP contribution >= 0.6 is 11.8 Å². The predicted molar refractivity (Wildman–Crippen MR) is 105 cm³/mol. The molecule has 0 radical (unpaired) electrons. The fourth-order valence-corrected chi connectivity index (χ4v) is 2.85. The number of anilines is 1. The standard InChI is InChI=1S/C19H18N4O4S/c1-2-26-15-9-5-13(6-10-15)18-22-23-19(27-18)28-11-16(24)21-14-7-3-12(4-8-14)17(20)25/h3-10H,2,11H2,1H3,(H2,20,25)(H,21,24). The first-order valence-corrected chi connectivity index (χ1v) is 9.43. The summed E-state index contributed by atoms with van der Waals surface area (Å²) in [6.07, 6.45) is 0. The van der Waals surface area contributed by atoms with Gasteiger partial charge in [0.1, 0.15) is 5.75 Å². The van der Waals surface area contributed by atoms with Crippen LogP contribution in [0.4, 0.5) is 5.69 Å². The third kappa shape index (κ3) is 5.10. The van der Waals surface area contributed by atoms with Crippen LogP contribution in [-0.2, 0) is 4.79 Å². The number of thioether (sulfide) groups is 1. The summed E-state index contributed by atoms with van der Waals surface area (Å²) in [4.78, 5) is 23.1. The van der Waals surface area contributed by atoms with Crippen molar-refractivity contribution in [2.45, 2.75) is 12.1 Å². The predicted octanol–water partition coefficient (Wildman–Crippen LogP) is 2.96. The lowest BCUT2D eigenvalue weighted by molar-refractivity contribution is -0.113. The molecule has 0 fully saturated rings. The molecule has 0 aliphatic rings. The number of rotatable bonds is 8. The highest BCUT2D eigenvalue weighted by atomic mass is 32.2. The number of carbonyl (C=O) groups is 2. The maximum atomic E-state index is 12.1. The molecule has 2 amide bonds. The summed E-state index contributed by atoms with van der Waals surface area (Å²) in [6.45, 7) is 2.51. The van der Waals surface area contributed by atoms with E-state index in [0.29, 0.717) is 29.0 Å². The Morgan fingerprint density at radius 1 is 1.11 bits per heavy atom. The number of amides is 2. The molecule has 0 atom stereocenters. The van der Waals surface area contributed by atoms with E-state index in [4.69, 9.17) is 14.9 Å². The van der Waals surface area contributed by atoms with Crippen molar-refractivity contribution in [1.29, 1.82) is 0 Å². The molecular formula is C19H18N4O4S. The Balaban J connectivity index is 1.53. The molecule has 0 aliphatic heterocycles. The molecule has 0 bridgehead atoms. The van der Waals surface area contributed by atoms with Gasteiger partial charge >= 0.3 is 0 Å². The lowest BCUT2D eigenvalue weighted by Gasteiger charge is -2.04. The van der Waals surface area contributed by atoms with Crippen molar-refractivity contribution in [3.8, 4) is 17.2 Å². The molecule has 9 heteroatoms. The van der Waals surface area contributed by atoms with Crippen molar-refractivity contribution in [3.05, 3.63) is 54.1 Å². The lowest BCUT2D eigenvalue weighted by Crippen LogP contribution is -2.15. The zero-order valence-corrected chi connectivity index (χ0v) is 15.9. The van der Waals surface area contributed by atoms with E-state index in [1.54, 1.807) is 24.3 Å². The van der Waals surface area contributed by atoms with Crippen LogP contribution in [0.2, 0.25) is 0 Å². The minimum absolute atomic E-state index is 0.0997. The number of benzene rings is 2. The van der Waals surface area contributed by atoms with Gasteiger partial charge in [-0.1, -0.05) is 11.8 Å². The van der Waals surface area contributed by atoms with Crippen LogP contribution in [0.3, 0.4) is 0 Å². The number of aromatic nitrogens is 2. The Labute approximate surface area is 165 Å².